The minimum Gasteiger partial charge on any atom is -0.355 e. The summed E-state index contributed by atoms with van der Waals surface area (Å²) in [6, 6.07) is 6.37. The molecule has 1 aliphatic rings. The molecular formula is C25H36N4O4S2. The van der Waals surface area contributed by atoms with E-state index in [9.17, 15) is 18.0 Å². The molecule has 0 atom stereocenters. The number of nitrogens with one attached hydrogen (secondary N) is 2. The highest BCUT2D eigenvalue weighted by Crippen LogP contribution is 2.38. The predicted octanol–water partition coefficient (Wildman–Crippen LogP) is 3.94. The van der Waals surface area contributed by atoms with Gasteiger partial charge in [-0.2, -0.15) is 4.31 Å². The van der Waals surface area contributed by atoms with Gasteiger partial charge in [-0.05, 0) is 56.5 Å². The maximum absolute atomic E-state index is 13.0. The molecule has 0 radical (unpaired) electrons. The normalized spacial score (nSPS) is 14.3. The van der Waals surface area contributed by atoms with Crippen molar-refractivity contribution in [2.24, 2.45) is 0 Å². The number of nitrogens with zero attached hydrogens (tertiary/aromatic N) is 2. The van der Waals surface area contributed by atoms with Crippen molar-refractivity contribution < 1.29 is 18.0 Å². The lowest BCUT2D eigenvalue weighted by Crippen LogP contribution is -2.35. The zero-order chi connectivity index (χ0) is 25.8. The van der Waals surface area contributed by atoms with E-state index in [1.807, 2.05) is 13.8 Å². The molecule has 0 fully saturated rings. The van der Waals surface area contributed by atoms with Crippen LogP contribution in [0.15, 0.2) is 29.2 Å². The molecule has 8 nitrogen and oxygen atoms in total. The third kappa shape index (κ3) is 5.94. The highest BCUT2D eigenvalue weighted by atomic mass is 32.2. The summed E-state index contributed by atoms with van der Waals surface area (Å²) in [5, 5.41) is 6.12. The summed E-state index contributed by atoms with van der Waals surface area (Å²) in [4.78, 5) is 29.3. The van der Waals surface area contributed by atoms with Crippen LogP contribution >= 0.6 is 11.3 Å². The lowest BCUT2D eigenvalue weighted by Gasteiger charge is -2.30. The van der Waals surface area contributed by atoms with Crippen molar-refractivity contribution >= 4 is 38.2 Å². The topological polar surface area (TPSA) is 98.8 Å². The van der Waals surface area contributed by atoms with Crippen molar-refractivity contribution in [3.8, 4) is 0 Å². The van der Waals surface area contributed by atoms with Crippen molar-refractivity contribution in [2.45, 2.75) is 64.4 Å². The van der Waals surface area contributed by atoms with Gasteiger partial charge in [-0.1, -0.05) is 20.3 Å². The molecule has 3 rings (SSSR count). The van der Waals surface area contributed by atoms with Gasteiger partial charge in [0.25, 0.3) is 11.8 Å². The molecule has 192 valence electrons. The first-order valence-electron chi connectivity index (χ1n) is 12.2. The lowest BCUT2D eigenvalue weighted by molar-refractivity contribution is 0.0962. The van der Waals surface area contributed by atoms with Crippen LogP contribution in [0.2, 0.25) is 0 Å². The Morgan fingerprint density at radius 3 is 2.40 bits per heavy atom. The first kappa shape index (κ1) is 27.3. The number of hydrogen-bond donors (Lipinski definition) is 2. The van der Waals surface area contributed by atoms with E-state index in [4.69, 9.17) is 0 Å². The number of thiophene rings is 1. The molecule has 2 heterocycles. The van der Waals surface area contributed by atoms with E-state index in [1.165, 1.54) is 39.9 Å². The Kier molecular flexibility index (Phi) is 9.09. The van der Waals surface area contributed by atoms with Gasteiger partial charge in [-0.3, -0.25) is 14.5 Å². The summed E-state index contributed by atoms with van der Waals surface area (Å²) in [5.74, 6) is -0.597. The molecule has 10 heteroatoms. The summed E-state index contributed by atoms with van der Waals surface area (Å²) < 4.78 is 27.4. The van der Waals surface area contributed by atoms with Crippen LogP contribution in [0.3, 0.4) is 0 Å². The molecule has 1 aromatic heterocycles. The summed E-state index contributed by atoms with van der Waals surface area (Å²) in [7, 11) is -2.03. The first-order chi connectivity index (χ1) is 16.6. The van der Waals surface area contributed by atoms with Gasteiger partial charge in [0.2, 0.25) is 10.0 Å². The van der Waals surface area contributed by atoms with Gasteiger partial charge in [0.15, 0.2) is 0 Å². The molecule has 35 heavy (non-hydrogen) atoms. The average Bonchev–Trinajstić information content (AvgIpc) is 3.20. The molecule has 0 aliphatic carbocycles. The van der Waals surface area contributed by atoms with Crippen molar-refractivity contribution in [1.29, 1.82) is 0 Å². The molecule has 0 unspecified atom stereocenters. The Bertz CT molecular complexity index is 1160. The fourth-order valence-corrected chi connectivity index (χ4v) is 6.96. The van der Waals surface area contributed by atoms with Crippen LogP contribution in [0.1, 0.15) is 71.7 Å². The molecule has 2 aromatic rings. The van der Waals surface area contributed by atoms with Crippen LogP contribution in [-0.4, -0.2) is 62.2 Å². The number of carbonyl (C=O) groups is 2. The van der Waals surface area contributed by atoms with Crippen LogP contribution in [0.4, 0.5) is 5.00 Å². The highest BCUT2D eigenvalue weighted by molar-refractivity contribution is 7.89. The second kappa shape index (κ2) is 11.6. The van der Waals surface area contributed by atoms with Gasteiger partial charge in [0, 0.05) is 49.7 Å². The Balaban J connectivity index is 1.83. The van der Waals surface area contributed by atoms with Crippen molar-refractivity contribution in [1.82, 2.24) is 14.5 Å². The maximum Gasteiger partial charge on any atom is 0.256 e. The van der Waals surface area contributed by atoms with Gasteiger partial charge in [-0.15, -0.1) is 11.3 Å². The highest BCUT2D eigenvalue weighted by Gasteiger charge is 2.29. The van der Waals surface area contributed by atoms with Crippen LogP contribution in [-0.2, 0) is 23.0 Å². The molecule has 2 amide bonds. The number of rotatable bonds is 10. The van der Waals surface area contributed by atoms with E-state index in [-0.39, 0.29) is 16.7 Å². The van der Waals surface area contributed by atoms with Crippen molar-refractivity contribution in [2.75, 3.05) is 32.0 Å². The van der Waals surface area contributed by atoms with E-state index in [1.54, 1.807) is 7.05 Å². The van der Waals surface area contributed by atoms with Gasteiger partial charge >= 0.3 is 0 Å². The number of hydrogen-bond acceptors (Lipinski definition) is 6. The SMILES string of the molecule is CCCCN(CC)S(=O)(=O)c1ccc(C(=O)Nc2sc3c(c2C(=O)NC)CCN(C(C)C)C3)cc1. The van der Waals surface area contributed by atoms with Gasteiger partial charge in [0.1, 0.15) is 5.00 Å². The number of carbonyl (C=O) groups excluding carboxylic acids is 2. The summed E-state index contributed by atoms with van der Waals surface area (Å²) >= 11 is 1.43. The van der Waals surface area contributed by atoms with Crippen LogP contribution in [0.25, 0.3) is 0 Å². The van der Waals surface area contributed by atoms with Crippen molar-refractivity contribution in [3.63, 3.8) is 0 Å². The smallest absolute Gasteiger partial charge is 0.256 e. The molecular weight excluding hydrogens is 484 g/mol. The zero-order valence-electron chi connectivity index (χ0n) is 21.2. The molecule has 0 spiro atoms. The Morgan fingerprint density at radius 2 is 1.83 bits per heavy atom. The molecule has 2 N–H and O–H groups in total. The van der Waals surface area contributed by atoms with Crippen LogP contribution < -0.4 is 10.6 Å². The van der Waals surface area contributed by atoms with Gasteiger partial charge in [0.05, 0.1) is 10.5 Å². The molecule has 1 aliphatic heterocycles. The van der Waals surface area contributed by atoms with Crippen LogP contribution in [0, 0.1) is 0 Å². The standard InChI is InChI=1S/C25H36N4O4S2/c1-6-8-14-29(7-2)35(32,33)19-11-9-18(10-12-19)23(30)27-25-22(24(31)26-5)20-13-15-28(17(3)4)16-21(20)34-25/h9-12,17H,6-8,13-16H2,1-5H3,(H,26,31)(H,27,30). The summed E-state index contributed by atoms with van der Waals surface area (Å²) in [5.41, 5.74) is 1.85. The summed E-state index contributed by atoms with van der Waals surface area (Å²) in [6.45, 7) is 10.6. The molecule has 0 bridgehead atoms. The molecule has 0 saturated heterocycles. The minimum atomic E-state index is -3.61. The third-order valence-electron chi connectivity index (χ3n) is 6.37. The molecule has 0 saturated carbocycles. The summed E-state index contributed by atoms with van der Waals surface area (Å²) in [6.07, 6.45) is 2.45. The van der Waals surface area contributed by atoms with E-state index < -0.39 is 10.0 Å². The Labute approximate surface area is 212 Å². The van der Waals surface area contributed by atoms with E-state index in [0.29, 0.717) is 35.3 Å². The van der Waals surface area contributed by atoms with Crippen LogP contribution in [0.5, 0.6) is 0 Å². The number of unbranched alkanes of at least 4 members (excludes halogenated alkanes) is 1. The largest absolute Gasteiger partial charge is 0.355 e. The number of sulfonamides is 1. The number of anilines is 1. The number of benzene rings is 1. The minimum absolute atomic E-state index is 0.165. The molecule has 1 aromatic carbocycles. The van der Waals surface area contributed by atoms with Gasteiger partial charge < -0.3 is 10.6 Å². The second-order valence-corrected chi connectivity index (χ2v) is 12.0. The predicted molar refractivity (Wildman–Crippen MR) is 141 cm³/mol. The first-order valence-corrected chi connectivity index (χ1v) is 14.4. The third-order valence-corrected chi connectivity index (χ3v) is 9.49. The van der Waals surface area contributed by atoms with Gasteiger partial charge in [-0.25, -0.2) is 8.42 Å². The van der Waals surface area contributed by atoms with Crippen molar-refractivity contribution in [3.05, 3.63) is 45.8 Å². The number of amides is 2. The zero-order valence-corrected chi connectivity index (χ0v) is 22.8. The monoisotopic (exact) mass is 520 g/mol. The fraction of sp³-hybridized carbons (Fsp3) is 0.520. The second-order valence-electron chi connectivity index (χ2n) is 8.93. The Hall–Kier alpha value is -2.27. The van der Waals surface area contributed by atoms with E-state index in [2.05, 4.69) is 29.4 Å². The maximum atomic E-state index is 13.0. The lowest BCUT2D eigenvalue weighted by atomic mass is 10.0. The number of fused-ring (bicyclic) bond motifs is 1. The average molecular weight is 521 g/mol. The quantitative estimate of drug-likeness (QED) is 0.495. The van der Waals surface area contributed by atoms with E-state index >= 15 is 0 Å². The Morgan fingerprint density at radius 1 is 1.14 bits per heavy atom. The van der Waals surface area contributed by atoms with E-state index in [0.717, 1.165) is 42.8 Å². The fourth-order valence-electron chi connectivity index (χ4n) is 4.20.